The van der Waals surface area contributed by atoms with Crippen LogP contribution in [-0.2, 0) is 13.1 Å². The lowest BCUT2D eigenvalue weighted by atomic mass is 10.2. The van der Waals surface area contributed by atoms with Crippen LogP contribution in [0.3, 0.4) is 0 Å². The molecule has 0 radical (unpaired) electrons. The average Bonchev–Trinajstić information content (AvgIpc) is 3.20. The summed E-state index contributed by atoms with van der Waals surface area (Å²) in [5.74, 6) is 0. The van der Waals surface area contributed by atoms with Crippen molar-refractivity contribution in [1.29, 1.82) is 0 Å². The molecule has 1 aromatic carbocycles. The van der Waals surface area contributed by atoms with Gasteiger partial charge in [-0.3, -0.25) is 0 Å². The summed E-state index contributed by atoms with van der Waals surface area (Å²) in [6, 6.07) is 11.8. The van der Waals surface area contributed by atoms with Gasteiger partial charge in [0.05, 0.1) is 3.79 Å². The number of anilines is 1. The molecule has 2 aromatic rings. The SMILES string of the molecule is CN(Cc1csc(Br)c1)c1ccc(CNC2CC2)cc1. The second kappa shape index (κ2) is 6.29. The fourth-order valence-electron chi connectivity index (χ4n) is 2.21. The number of hydrogen-bond donors (Lipinski definition) is 1. The highest BCUT2D eigenvalue weighted by Crippen LogP contribution is 2.24. The monoisotopic (exact) mass is 350 g/mol. The molecule has 20 heavy (non-hydrogen) atoms. The lowest BCUT2D eigenvalue weighted by molar-refractivity contribution is 0.688. The van der Waals surface area contributed by atoms with Crippen LogP contribution in [0.25, 0.3) is 0 Å². The van der Waals surface area contributed by atoms with Crippen molar-refractivity contribution in [3.8, 4) is 0 Å². The molecule has 3 rings (SSSR count). The molecule has 1 aliphatic carbocycles. The molecule has 0 amide bonds. The van der Waals surface area contributed by atoms with Gasteiger partial charge < -0.3 is 10.2 Å². The number of nitrogens with one attached hydrogen (secondary N) is 1. The largest absolute Gasteiger partial charge is 0.370 e. The van der Waals surface area contributed by atoms with Crippen molar-refractivity contribution >= 4 is 33.0 Å². The minimum atomic E-state index is 0.773. The summed E-state index contributed by atoms with van der Waals surface area (Å²) >= 11 is 5.26. The van der Waals surface area contributed by atoms with Gasteiger partial charge in [0.15, 0.2) is 0 Å². The van der Waals surface area contributed by atoms with E-state index in [1.54, 1.807) is 11.3 Å². The molecule has 1 N–H and O–H groups in total. The van der Waals surface area contributed by atoms with Crippen LogP contribution in [0.2, 0.25) is 0 Å². The number of rotatable bonds is 6. The van der Waals surface area contributed by atoms with Gasteiger partial charge in [-0.25, -0.2) is 0 Å². The Morgan fingerprint density at radius 2 is 2.00 bits per heavy atom. The third kappa shape index (κ3) is 3.84. The fourth-order valence-corrected chi connectivity index (χ4v) is 3.41. The van der Waals surface area contributed by atoms with Crippen molar-refractivity contribution in [2.45, 2.75) is 32.0 Å². The van der Waals surface area contributed by atoms with E-state index in [1.165, 1.54) is 33.4 Å². The first-order valence-corrected chi connectivity index (χ1v) is 8.64. The zero-order chi connectivity index (χ0) is 13.9. The molecule has 1 fully saturated rings. The molecule has 1 aromatic heterocycles. The Balaban J connectivity index is 1.57. The van der Waals surface area contributed by atoms with Crippen molar-refractivity contribution in [1.82, 2.24) is 5.32 Å². The zero-order valence-electron chi connectivity index (χ0n) is 11.6. The van der Waals surface area contributed by atoms with Gasteiger partial charge in [0, 0.05) is 31.9 Å². The van der Waals surface area contributed by atoms with Crippen LogP contribution in [0.4, 0.5) is 5.69 Å². The number of benzene rings is 1. The molecule has 4 heteroatoms. The maximum absolute atomic E-state index is 3.55. The molecule has 106 valence electrons. The summed E-state index contributed by atoms with van der Waals surface area (Å²) in [7, 11) is 2.14. The van der Waals surface area contributed by atoms with E-state index < -0.39 is 0 Å². The number of hydrogen-bond acceptors (Lipinski definition) is 3. The van der Waals surface area contributed by atoms with Crippen LogP contribution in [-0.4, -0.2) is 13.1 Å². The number of nitrogens with zero attached hydrogens (tertiary/aromatic N) is 1. The van der Waals surface area contributed by atoms with Crippen molar-refractivity contribution in [3.63, 3.8) is 0 Å². The smallest absolute Gasteiger partial charge is 0.0701 e. The van der Waals surface area contributed by atoms with Crippen LogP contribution < -0.4 is 10.2 Å². The molecule has 0 aliphatic heterocycles. The highest BCUT2D eigenvalue weighted by molar-refractivity contribution is 9.11. The average molecular weight is 351 g/mol. The Kier molecular flexibility index (Phi) is 4.44. The van der Waals surface area contributed by atoms with Crippen molar-refractivity contribution < 1.29 is 0 Å². The van der Waals surface area contributed by atoms with E-state index in [4.69, 9.17) is 0 Å². The normalized spacial score (nSPS) is 14.5. The van der Waals surface area contributed by atoms with Crippen molar-refractivity contribution in [3.05, 3.63) is 50.6 Å². The van der Waals surface area contributed by atoms with Gasteiger partial charge in [0.25, 0.3) is 0 Å². The van der Waals surface area contributed by atoms with E-state index in [0.29, 0.717) is 0 Å². The zero-order valence-corrected chi connectivity index (χ0v) is 14.0. The molecule has 1 saturated carbocycles. The third-order valence-corrected chi connectivity index (χ3v) is 5.14. The predicted octanol–water partition coefficient (Wildman–Crippen LogP) is 4.40. The molecule has 0 atom stereocenters. The lowest BCUT2D eigenvalue weighted by Gasteiger charge is -2.19. The Hall–Kier alpha value is -0.840. The quantitative estimate of drug-likeness (QED) is 0.830. The summed E-state index contributed by atoms with van der Waals surface area (Å²) < 4.78 is 1.20. The van der Waals surface area contributed by atoms with Gasteiger partial charge in [-0.15, -0.1) is 11.3 Å². The van der Waals surface area contributed by atoms with Crippen LogP contribution in [0.5, 0.6) is 0 Å². The van der Waals surface area contributed by atoms with Gasteiger partial charge in [-0.1, -0.05) is 12.1 Å². The highest BCUT2D eigenvalue weighted by Gasteiger charge is 2.19. The van der Waals surface area contributed by atoms with E-state index in [0.717, 1.165) is 19.1 Å². The van der Waals surface area contributed by atoms with Crippen LogP contribution >= 0.6 is 27.3 Å². The first-order valence-electron chi connectivity index (χ1n) is 6.97. The van der Waals surface area contributed by atoms with Crippen LogP contribution in [0.15, 0.2) is 39.5 Å². The summed E-state index contributed by atoms with van der Waals surface area (Å²) in [5, 5.41) is 5.75. The van der Waals surface area contributed by atoms with Crippen molar-refractivity contribution in [2.75, 3.05) is 11.9 Å². The Morgan fingerprint density at radius 3 is 2.60 bits per heavy atom. The molecule has 0 spiro atoms. The van der Waals surface area contributed by atoms with Crippen molar-refractivity contribution in [2.24, 2.45) is 0 Å². The summed E-state index contributed by atoms with van der Waals surface area (Å²) in [6.45, 7) is 1.94. The van der Waals surface area contributed by atoms with Gasteiger partial charge in [0.1, 0.15) is 0 Å². The fraction of sp³-hybridized carbons (Fsp3) is 0.375. The topological polar surface area (TPSA) is 15.3 Å². The summed E-state index contributed by atoms with van der Waals surface area (Å²) in [6.07, 6.45) is 2.69. The summed E-state index contributed by atoms with van der Waals surface area (Å²) in [4.78, 5) is 2.28. The van der Waals surface area contributed by atoms with Gasteiger partial charge in [-0.05, 0) is 63.5 Å². The highest BCUT2D eigenvalue weighted by atomic mass is 79.9. The first-order chi connectivity index (χ1) is 9.70. The standard InChI is InChI=1S/C16H19BrN2S/c1-19(10-13-8-16(17)20-11-13)15-6-2-12(3-7-15)9-18-14-4-5-14/h2-3,6-8,11,14,18H,4-5,9-10H2,1H3. The molecule has 1 heterocycles. The molecule has 0 bridgehead atoms. The van der Waals surface area contributed by atoms with Gasteiger partial charge >= 0.3 is 0 Å². The number of thiophene rings is 1. The van der Waals surface area contributed by atoms with E-state index >= 15 is 0 Å². The number of halogens is 1. The second-order valence-electron chi connectivity index (χ2n) is 5.44. The maximum Gasteiger partial charge on any atom is 0.0701 e. The molecular formula is C16H19BrN2S. The first kappa shape index (κ1) is 14.1. The third-order valence-electron chi connectivity index (χ3n) is 3.59. The van der Waals surface area contributed by atoms with E-state index in [1.807, 2.05) is 0 Å². The van der Waals surface area contributed by atoms with Crippen LogP contribution in [0.1, 0.15) is 24.0 Å². The second-order valence-corrected chi connectivity index (χ2v) is 7.73. The Labute approximate surface area is 132 Å². The Morgan fingerprint density at radius 1 is 1.25 bits per heavy atom. The minimum Gasteiger partial charge on any atom is -0.370 e. The molecule has 0 unspecified atom stereocenters. The molecular weight excluding hydrogens is 332 g/mol. The Bertz CT molecular complexity index is 560. The van der Waals surface area contributed by atoms with Gasteiger partial charge in [0.2, 0.25) is 0 Å². The van der Waals surface area contributed by atoms with E-state index in [2.05, 4.69) is 68.9 Å². The minimum absolute atomic E-state index is 0.773. The van der Waals surface area contributed by atoms with Crippen LogP contribution in [0, 0.1) is 0 Å². The van der Waals surface area contributed by atoms with E-state index in [-0.39, 0.29) is 0 Å². The lowest BCUT2D eigenvalue weighted by Crippen LogP contribution is -2.17. The molecule has 1 aliphatic rings. The van der Waals surface area contributed by atoms with E-state index in [9.17, 15) is 0 Å². The summed E-state index contributed by atoms with van der Waals surface area (Å²) in [5.41, 5.74) is 3.98. The van der Waals surface area contributed by atoms with Gasteiger partial charge in [-0.2, -0.15) is 0 Å². The molecule has 2 nitrogen and oxygen atoms in total. The maximum atomic E-state index is 3.55. The predicted molar refractivity (Wildman–Crippen MR) is 90.4 cm³/mol. The molecule has 0 saturated heterocycles.